The first-order chi connectivity index (χ1) is 16.0. The minimum atomic E-state index is -0.806. The Balaban J connectivity index is 1.80. The van der Waals surface area contributed by atoms with E-state index in [4.69, 9.17) is 19.3 Å². The molecule has 0 aliphatic carbocycles. The first-order valence-corrected chi connectivity index (χ1v) is 11.4. The van der Waals surface area contributed by atoms with Gasteiger partial charge in [-0.2, -0.15) is 0 Å². The number of rotatable bonds is 12. The summed E-state index contributed by atoms with van der Waals surface area (Å²) in [7, 11) is 1.67. The number of hydrogen-bond acceptors (Lipinski definition) is 4. The average Bonchev–Trinajstić information content (AvgIpc) is 2.83. The molecule has 1 atom stereocenters. The van der Waals surface area contributed by atoms with Crippen molar-refractivity contribution >= 4 is 5.97 Å². The van der Waals surface area contributed by atoms with Crippen LogP contribution in [0.25, 0.3) is 11.1 Å². The maximum absolute atomic E-state index is 11.0. The Bertz CT molecular complexity index is 1060. The lowest BCUT2D eigenvalue weighted by Crippen LogP contribution is -2.04. The number of benzene rings is 3. The van der Waals surface area contributed by atoms with E-state index in [-0.39, 0.29) is 12.3 Å². The Morgan fingerprint density at radius 3 is 2.48 bits per heavy atom. The van der Waals surface area contributed by atoms with E-state index in [2.05, 4.69) is 6.92 Å². The van der Waals surface area contributed by atoms with Gasteiger partial charge in [-0.3, -0.25) is 4.79 Å². The predicted octanol–water partition coefficient (Wildman–Crippen LogP) is 6.70. The van der Waals surface area contributed by atoms with Gasteiger partial charge in [0.25, 0.3) is 0 Å². The third-order valence-corrected chi connectivity index (χ3v) is 5.51. The van der Waals surface area contributed by atoms with Crippen molar-refractivity contribution < 1.29 is 24.1 Å². The van der Waals surface area contributed by atoms with Gasteiger partial charge in [0.05, 0.1) is 20.1 Å². The van der Waals surface area contributed by atoms with E-state index in [0.29, 0.717) is 19.0 Å². The minimum absolute atomic E-state index is 0.0789. The second-order valence-corrected chi connectivity index (χ2v) is 8.09. The van der Waals surface area contributed by atoms with E-state index in [1.807, 2.05) is 73.7 Å². The van der Waals surface area contributed by atoms with Crippen molar-refractivity contribution in [3.05, 3.63) is 77.9 Å². The van der Waals surface area contributed by atoms with Gasteiger partial charge in [-0.25, -0.2) is 0 Å². The monoisotopic (exact) mass is 448 g/mol. The van der Waals surface area contributed by atoms with Crippen LogP contribution in [0.1, 0.15) is 50.2 Å². The second-order valence-electron chi connectivity index (χ2n) is 8.09. The summed E-state index contributed by atoms with van der Waals surface area (Å²) in [6.07, 6.45) is 2.13. The van der Waals surface area contributed by atoms with E-state index in [1.54, 1.807) is 7.11 Å². The largest absolute Gasteiger partial charge is 0.496 e. The molecule has 0 spiro atoms. The summed E-state index contributed by atoms with van der Waals surface area (Å²) in [5, 5.41) is 9.06. The fourth-order valence-corrected chi connectivity index (χ4v) is 3.65. The van der Waals surface area contributed by atoms with E-state index >= 15 is 0 Å². The normalized spacial score (nSPS) is 11.6. The fourth-order valence-electron chi connectivity index (χ4n) is 3.65. The van der Waals surface area contributed by atoms with Crippen molar-refractivity contribution in [3.63, 3.8) is 0 Å². The van der Waals surface area contributed by atoms with Crippen LogP contribution in [-0.2, 0) is 11.4 Å². The highest BCUT2D eigenvalue weighted by atomic mass is 16.5. The van der Waals surface area contributed by atoms with Gasteiger partial charge in [0.15, 0.2) is 0 Å². The average molecular weight is 449 g/mol. The van der Waals surface area contributed by atoms with Crippen LogP contribution in [0.3, 0.4) is 0 Å². The highest BCUT2D eigenvalue weighted by Crippen LogP contribution is 2.37. The summed E-state index contributed by atoms with van der Waals surface area (Å²) in [4.78, 5) is 11.0. The predicted molar refractivity (Wildman–Crippen MR) is 130 cm³/mol. The van der Waals surface area contributed by atoms with Gasteiger partial charge in [-0.15, -0.1) is 0 Å². The number of unbranched alkanes of at least 4 members (excludes halogenated alkanes) is 1. The molecule has 0 amide bonds. The Kier molecular flexibility index (Phi) is 8.76. The van der Waals surface area contributed by atoms with Crippen molar-refractivity contribution in [3.8, 4) is 28.4 Å². The zero-order valence-electron chi connectivity index (χ0n) is 19.5. The maximum Gasteiger partial charge on any atom is 0.303 e. The molecule has 0 heterocycles. The number of carboxylic acids is 1. The molecule has 0 saturated carbocycles. The summed E-state index contributed by atoms with van der Waals surface area (Å²) in [6, 6.07) is 21.6. The molecule has 5 heteroatoms. The van der Waals surface area contributed by atoms with Crippen LogP contribution in [0.4, 0.5) is 0 Å². The number of carbonyl (C=O) groups is 1. The second kappa shape index (κ2) is 12.0. The summed E-state index contributed by atoms with van der Waals surface area (Å²) < 4.78 is 17.7. The van der Waals surface area contributed by atoms with Gasteiger partial charge in [-0.05, 0) is 47.7 Å². The van der Waals surface area contributed by atoms with Crippen LogP contribution >= 0.6 is 0 Å². The van der Waals surface area contributed by atoms with Crippen LogP contribution in [0.15, 0.2) is 66.7 Å². The molecule has 1 N–H and O–H groups in total. The quantitative estimate of drug-likeness (QED) is 0.312. The van der Waals surface area contributed by atoms with Gasteiger partial charge in [0.2, 0.25) is 0 Å². The molecule has 33 heavy (non-hydrogen) atoms. The van der Waals surface area contributed by atoms with E-state index in [0.717, 1.165) is 46.6 Å². The molecular formula is C28H32O5. The fraction of sp³-hybridized carbons (Fsp3) is 0.321. The van der Waals surface area contributed by atoms with Crippen molar-refractivity contribution in [1.82, 2.24) is 0 Å². The van der Waals surface area contributed by atoms with Crippen molar-refractivity contribution in [1.29, 1.82) is 0 Å². The Labute approximate surface area is 195 Å². The Morgan fingerprint density at radius 1 is 0.939 bits per heavy atom. The molecule has 0 bridgehead atoms. The van der Waals surface area contributed by atoms with Gasteiger partial charge >= 0.3 is 5.97 Å². The van der Waals surface area contributed by atoms with Gasteiger partial charge in [0.1, 0.15) is 23.9 Å². The lowest BCUT2D eigenvalue weighted by atomic mass is 9.98. The molecule has 0 radical (unpaired) electrons. The van der Waals surface area contributed by atoms with Crippen LogP contribution in [0, 0.1) is 0 Å². The van der Waals surface area contributed by atoms with Crippen LogP contribution < -0.4 is 14.2 Å². The maximum atomic E-state index is 11.0. The molecule has 0 unspecified atom stereocenters. The minimum Gasteiger partial charge on any atom is -0.496 e. The summed E-state index contributed by atoms with van der Waals surface area (Å²) in [6.45, 7) is 5.07. The molecule has 0 aromatic heterocycles. The van der Waals surface area contributed by atoms with E-state index in [9.17, 15) is 4.79 Å². The molecule has 0 fully saturated rings. The lowest BCUT2D eigenvalue weighted by Gasteiger charge is -2.16. The first kappa shape index (κ1) is 24.2. The van der Waals surface area contributed by atoms with Gasteiger partial charge in [0, 0.05) is 11.1 Å². The highest BCUT2D eigenvalue weighted by molar-refractivity contribution is 5.76. The summed E-state index contributed by atoms with van der Waals surface area (Å²) in [5.74, 6) is 1.43. The molecule has 0 saturated heterocycles. The summed E-state index contributed by atoms with van der Waals surface area (Å²) in [5.41, 5.74) is 3.91. The smallest absolute Gasteiger partial charge is 0.303 e. The van der Waals surface area contributed by atoms with Gasteiger partial charge in [-0.1, -0.05) is 62.7 Å². The number of para-hydroxylation sites is 1. The third-order valence-electron chi connectivity index (χ3n) is 5.51. The van der Waals surface area contributed by atoms with Crippen LogP contribution in [-0.4, -0.2) is 24.8 Å². The molecule has 3 aromatic carbocycles. The topological polar surface area (TPSA) is 65.0 Å². The Morgan fingerprint density at radius 2 is 1.73 bits per heavy atom. The van der Waals surface area contributed by atoms with E-state index < -0.39 is 5.97 Å². The van der Waals surface area contributed by atoms with Gasteiger partial charge < -0.3 is 19.3 Å². The van der Waals surface area contributed by atoms with Crippen LogP contribution in [0.5, 0.6) is 17.2 Å². The van der Waals surface area contributed by atoms with E-state index in [1.165, 1.54) is 0 Å². The lowest BCUT2D eigenvalue weighted by molar-refractivity contribution is -0.137. The molecule has 3 aromatic rings. The first-order valence-electron chi connectivity index (χ1n) is 11.4. The van der Waals surface area contributed by atoms with Crippen LogP contribution in [0.2, 0.25) is 0 Å². The molecular weight excluding hydrogens is 416 g/mol. The number of aliphatic carboxylic acids is 1. The van der Waals surface area contributed by atoms with Crippen molar-refractivity contribution in [2.45, 2.75) is 45.6 Å². The Hall–Kier alpha value is -3.47. The summed E-state index contributed by atoms with van der Waals surface area (Å²) >= 11 is 0. The molecule has 3 rings (SSSR count). The standard InChI is InChI=1S/C28H32O5/c1-4-5-15-32-27-17-21(13-14-25(27)24-11-6-7-12-26(24)31-3)19-33-23-10-8-9-22(18-23)20(2)16-28(29)30/h6-14,17-18,20H,4-5,15-16,19H2,1-3H3,(H,29,30)/t20-/m1/s1. The number of methoxy groups -OCH3 is 1. The highest BCUT2D eigenvalue weighted by Gasteiger charge is 2.14. The molecule has 0 aliphatic heterocycles. The molecule has 174 valence electrons. The molecule has 5 nitrogen and oxygen atoms in total. The zero-order chi connectivity index (χ0) is 23.6. The number of carboxylic acid groups (broad SMARTS) is 1. The SMILES string of the molecule is CCCCOc1cc(COc2cccc([C@H](C)CC(=O)O)c2)ccc1-c1ccccc1OC. The third kappa shape index (κ3) is 6.75. The zero-order valence-corrected chi connectivity index (χ0v) is 19.5. The van der Waals surface area contributed by atoms with Crippen molar-refractivity contribution in [2.75, 3.05) is 13.7 Å². The number of hydrogen-bond donors (Lipinski definition) is 1. The van der Waals surface area contributed by atoms with Crippen molar-refractivity contribution in [2.24, 2.45) is 0 Å². The molecule has 0 aliphatic rings. The number of ether oxygens (including phenoxy) is 3.